The fourth-order valence-corrected chi connectivity index (χ4v) is 3.03. The Bertz CT molecular complexity index is 657. The summed E-state index contributed by atoms with van der Waals surface area (Å²) in [5, 5.41) is 9.90. The highest BCUT2D eigenvalue weighted by molar-refractivity contribution is 6.47. The molecule has 0 aromatic heterocycles. The number of carboxylic acid groups (broad SMARTS) is 1. The monoisotopic (exact) mass is 388 g/mol. The minimum Gasteiger partial charge on any atom is -0.478 e. The minimum absolute atomic E-state index is 0.187. The Labute approximate surface area is 171 Å². The van der Waals surface area contributed by atoms with Gasteiger partial charge in [-0.25, -0.2) is 14.8 Å². The van der Waals surface area contributed by atoms with Crippen molar-refractivity contribution in [2.75, 3.05) is 0 Å². The summed E-state index contributed by atoms with van der Waals surface area (Å²) in [4.78, 5) is 21.6. The van der Waals surface area contributed by atoms with Gasteiger partial charge in [0, 0.05) is 16.2 Å². The van der Waals surface area contributed by atoms with E-state index in [1.54, 1.807) is 0 Å². The highest BCUT2D eigenvalue weighted by Crippen LogP contribution is 2.45. The average Bonchev–Trinajstić information content (AvgIpc) is 3.22. The van der Waals surface area contributed by atoms with Crippen molar-refractivity contribution >= 4 is 17.4 Å². The van der Waals surface area contributed by atoms with Crippen molar-refractivity contribution in [3.63, 3.8) is 0 Å². The summed E-state index contributed by atoms with van der Waals surface area (Å²) >= 11 is 0. The number of carboxylic acids is 1. The van der Waals surface area contributed by atoms with Crippen LogP contribution in [0.25, 0.3) is 0 Å². The quantitative estimate of drug-likeness (QED) is 0.598. The Balaban J connectivity index is 0.000000552. The van der Waals surface area contributed by atoms with Crippen LogP contribution in [0.15, 0.2) is 34.3 Å². The van der Waals surface area contributed by atoms with Gasteiger partial charge in [0.2, 0.25) is 0 Å². The van der Waals surface area contributed by atoms with E-state index in [0.29, 0.717) is 5.92 Å². The third-order valence-electron chi connectivity index (χ3n) is 6.11. The van der Waals surface area contributed by atoms with E-state index in [-0.39, 0.29) is 10.8 Å². The number of carbonyl (C=O) groups is 1. The van der Waals surface area contributed by atoms with Crippen molar-refractivity contribution in [2.45, 2.75) is 87.7 Å². The summed E-state index contributed by atoms with van der Waals surface area (Å²) in [6.45, 7) is 20.5. The van der Waals surface area contributed by atoms with Crippen LogP contribution < -0.4 is 0 Å². The number of aliphatic carboxylic acids is 1. The molecule has 0 spiro atoms. The van der Waals surface area contributed by atoms with Crippen LogP contribution in [0, 0.1) is 22.2 Å². The smallest absolute Gasteiger partial charge is 0.354 e. The molecule has 0 radical (unpaired) electrons. The van der Waals surface area contributed by atoms with Gasteiger partial charge in [-0.05, 0) is 18.8 Å². The summed E-state index contributed by atoms with van der Waals surface area (Å²) in [5.41, 5.74) is -0.657. The summed E-state index contributed by atoms with van der Waals surface area (Å²) in [7, 11) is 0. The highest BCUT2D eigenvalue weighted by atomic mass is 16.4. The van der Waals surface area contributed by atoms with Crippen molar-refractivity contribution in [3.8, 4) is 0 Å². The van der Waals surface area contributed by atoms with E-state index in [0.717, 1.165) is 24.3 Å². The zero-order chi connectivity index (χ0) is 22.0. The summed E-state index contributed by atoms with van der Waals surface area (Å²) in [6, 6.07) is 0. The van der Waals surface area contributed by atoms with Gasteiger partial charge in [0.05, 0.1) is 11.4 Å². The van der Waals surface area contributed by atoms with Gasteiger partial charge in [0.25, 0.3) is 5.66 Å². The third-order valence-corrected chi connectivity index (χ3v) is 6.11. The van der Waals surface area contributed by atoms with Crippen LogP contribution in [-0.2, 0) is 4.79 Å². The van der Waals surface area contributed by atoms with Crippen LogP contribution in [0.2, 0.25) is 0 Å². The molecule has 0 fully saturated rings. The predicted molar refractivity (Wildman–Crippen MR) is 120 cm³/mol. The fourth-order valence-electron chi connectivity index (χ4n) is 3.03. The van der Waals surface area contributed by atoms with E-state index < -0.39 is 17.0 Å². The lowest BCUT2D eigenvalue weighted by Crippen LogP contribution is -2.46. The second kappa shape index (κ2) is 8.34. The molecule has 1 aliphatic carbocycles. The molecule has 0 saturated carbocycles. The largest absolute Gasteiger partial charge is 0.478 e. The van der Waals surface area contributed by atoms with E-state index in [9.17, 15) is 9.90 Å². The van der Waals surface area contributed by atoms with Crippen molar-refractivity contribution < 1.29 is 9.90 Å². The third kappa shape index (κ3) is 4.82. The zero-order valence-corrected chi connectivity index (χ0v) is 19.6. The highest BCUT2D eigenvalue weighted by Gasteiger charge is 2.55. The molecular formula is C24H40N2O2. The van der Waals surface area contributed by atoms with Crippen LogP contribution >= 0.6 is 0 Å². The Hall–Kier alpha value is -1.71. The van der Waals surface area contributed by atoms with E-state index in [1.165, 1.54) is 0 Å². The van der Waals surface area contributed by atoms with Gasteiger partial charge in [0.15, 0.2) is 0 Å². The van der Waals surface area contributed by atoms with E-state index >= 15 is 0 Å². The molecule has 0 amide bonds. The zero-order valence-electron chi connectivity index (χ0n) is 19.6. The fraction of sp³-hybridized carbons (Fsp3) is 0.708. The predicted octanol–water partition coefficient (Wildman–Crippen LogP) is 6.33. The first-order valence-corrected chi connectivity index (χ1v) is 10.4. The van der Waals surface area contributed by atoms with Gasteiger partial charge in [-0.15, -0.1) is 0 Å². The number of aliphatic imine (C=N–C) groups is 2. The summed E-state index contributed by atoms with van der Waals surface area (Å²) in [6.07, 6.45) is 10.3. The first-order chi connectivity index (χ1) is 12.6. The molecule has 0 saturated heterocycles. The Morgan fingerprint density at radius 1 is 0.929 bits per heavy atom. The lowest BCUT2D eigenvalue weighted by Gasteiger charge is -2.32. The number of nitrogens with zero attached hydrogens (tertiary/aromatic N) is 2. The van der Waals surface area contributed by atoms with Crippen LogP contribution in [-0.4, -0.2) is 28.2 Å². The van der Waals surface area contributed by atoms with Gasteiger partial charge >= 0.3 is 5.97 Å². The van der Waals surface area contributed by atoms with Crippen LogP contribution in [0.5, 0.6) is 0 Å². The molecule has 2 rings (SSSR count). The molecule has 0 bridgehead atoms. The van der Waals surface area contributed by atoms with Crippen LogP contribution in [0.3, 0.4) is 0 Å². The first kappa shape index (κ1) is 24.3. The maximum atomic E-state index is 12.1. The average molecular weight is 389 g/mol. The summed E-state index contributed by atoms with van der Waals surface area (Å²) < 4.78 is 0. The molecule has 1 N–H and O–H groups in total. The number of hydrogen-bond donors (Lipinski definition) is 1. The summed E-state index contributed by atoms with van der Waals surface area (Å²) in [5.74, 6) is -0.281. The van der Waals surface area contributed by atoms with Crippen molar-refractivity contribution in [1.29, 1.82) is 0 Å². The van der Waals surface area contributed by atoms with Gasteiger partial charge in [-0.2, -0.15) is 0 Å². The Morgan fingerprint density at radius 3 is 1.46 bits per heavy atom. The van der Waals surface area contributed by atoms with Crippen molar-refractivity contribution in [2.24, 2.45) is 32.1 Å². The molecule has 2 aliphatic rings. The maximum Gasteiger partial charge on any atom is 0.354 e. The first-order valence-electron chi connectivity index (χ1n) is 10.4. The topological polar surface area (TPSA) is 62.0 Å². The molecule has 0 aromatic rings. The van der Waals surface area contributed by atoms with E-state index in [4.69, 9.17) is 9.98 Å². The molecule has 4 nitrogen and oxygen atoms in total. The Morgan fingerprint density at radius 2 is 1.29 bits per heavy atom. The number of hydrogen-bond acceptors (Lipinski definition) is 3. The molecule has 4 heteroatoms. The van der Waals surface area contributed by atoms with Crippen molar-refractivity contribution in [3.05, 3.63) is 24.3 Å². The minimum atomic E-state index is -1.42. The van der Waals surface area contributed by atoms with Crippen LogP contribution in [0.4, 0.5) is 0 Å². The molecule has 158 valence electrons. The van der Waals surface area contributed by atoms with Gasteiger partial charge in [-0.1, -0.05) is 93.5 Å². The van der Waals surface area contributed by atoms with Gasteiger partial charge < -0.3 is 5.11 Å². The molecule has 1 heterocycles. The number of rotatable bonds is 5. The molecular weight excluding hydrogens is 348 g/mol. The molecule has 1 aliphatic heterocycles. The lowest BCUT2D eigenvalue weighted by atomic mass is 9.73. The second-order valence-electron chi connectivity index (χ2n) is 10.3. The molecule has 0 atom stereocenters. The maximum absolute atomic E-state index is 12.1. The SMILES string of the molecule is CC1C=CC=C1.CCC(C)(C)C1=NC(C(=O)O)(C(C)(C)C)N=C1C(C)(C)CC. The molecule has 0 unspecified atom stereocenters. The number of allylic oxidation sites excluding steroid dienone is 4. The molecule has 0 aromatic carbocycles. The van der Waals surface area contributed by atoms with Gasteiger partial charge in [0.1, 0.15) is 0 Å². The van der Waals surface area contributed by atoms with E-state index in [1.807, 2.05) is 20.8 Å². The lowest BCUT2D eigenvalue weighted by molar-refractivity contribution is -0.146. The normalized spacial score (nSPS) is 19.2. The van der Waals surface area contributed by atoms with Crippen LogP contribution in [0.1, 0.15) is 82.1 Å². The Kier molecular flexibility index (Phi) is 7.25. The van der Waals surface area contributed by atoms with E-state index in [2.05, 4.69) is 72.8 Å². The van der Waals surface area contributed by atoms with Crippen molar-refractivity contribution in [1.82, 2.24) is 0 Å². The second-order valence-corrected chi connectivity index (χ2v) is 10.3. The standard InChI is InChI=1S/C18H32N2O2.C6H8/c1-10-16(6,7)12-13(17(8,9)11-2)20-18(19-12,14(21)22)15(3,4)5;1-6-4-2-3-5-6/h10-11H2,1-9H3,(H,21,22);2-6H,1H3. The molecule has 28 heavy (non-hydrogen) atoms. The van der Waals surface area contributed by atoms with Gasteiger partial charge in [-0.3, -0.25) is 0 Å².